The van der Waals surface area contributed by atoms with Crippen molar-refractivity contribution in [1.29, 1.82) is 0 Å². The summed E-state index contributed by atoms with van der Waals surface area (Å²) in [6, 6.07) is 6.40. The van der Waals surface area contributed by atoms with E-state index in [-0.39, 0.29) is 17.4 Å². The van der Waals surface area contributed by atoms with Crippen molar-refractivity contribution < 1.29 is 18.3 Å². The lowest BCUT2D eigenvalue weighted by Gasteiger charge is -2.23. The molecule has 0 aliphatic rings. The number of rotatable bonds is 8. The van der Waals surface area contributed by atoms with Gasteiger partial charge in [0, 0.05) is 20.2 Å². The van der Waals surface area contributed by atoms with Crippen LogP contribution in [0, 0.1) is 5.92 Å². The van der Waals surface area contributed by atoms with E-state index in [1.54, 1.807) is 25.3 Å². The summed E-state index contributed by atoms with van der Waals surface area (Å²) >= 11 is 0. The molecular formula is C14H23NO4S. The van der Waals surface area contributed by atoms with Crippen molar-refractivity contribution in [2.75, 3.05) is 26.8 Å². The van der Waals surface area contributed by atoms with E-state index in [0.717, 1.165) is 0 Å². The van der Waals surface area contributed by atoms with Crippen LogP contribution in [0.5, 0.6) is 0 Å². The van der Waals surface area contributed by atoms with Crippen LogP contribution in [-0.4, -0.2) is 44.6 Å². The Morgan fingerprint density at radius 2 is 2.05 bits per heavy atom. The molecular weight excluding hydrogens is 278 g/mol. The van der Waals surface area contributed by atoms with Crippen molar-refractivity contribution in [3.8, 4) is 0 Å². The van der Waals surface area contributed by atoms with E-state index < -0.39 is 10.0 Å². The Bertz CT molecular complexity index is 514. The highest BCUT2D eigenvalue weighted by molar-refractivity contribution is 7.89. The van der Waals surface area contributed by atoms with Crippen LogP contribution in [0.15, 0.2) is 29.2 Å². The van der Waals surface area contributed by atoms with E-state index in [4.69, 9.17) is 9.84 Å². The van der Waals surface area contributed by atoms with Gasteiger partial charge in [-0.3, -0.25) is 0 Å². The monoisotopic (exact) mass is 301 g/mol. The van der Waals surface area contributed by atoms with Gasteiger partial charge in [0.05, 0.1) is 18.1 Å². The first-order valence-electron chi connectivity index (χ1n) is 6.60. The number of aliphatic hydroxyl groups excluding tert-OH is 1. The molecule has 0 aliphatic carbocycles. The lowest BCUT2D eigenvalue weighted by atomic mass is 10.2. The van der Waals surface area contributed by atoms with Gasteiger partial charge in [0.1, 0.15) is 0 Å². The van der Waals surface area contributed by atoms with E-state index in [9.17, 15) is 8.42 Å². The van der Waals surface area contributed by atoms with Crippen molar-refractivity contribution in [2.45, 2.75) is 25.3 Å². The molecule has 0 fully saturated rings. The normalized spacial score (nSPS) is 12.3. The van der Waals surface area contributed by atoms with Crippen molar-refractivity contribution >= 4 is 10.0 Å². The summed E-state index contributed by atoms with van der Waals surface area (Å²) in [5, 5.41) is 9.12. The third kappa shape index (κ3) is 4.56. The summed E-state index contributed by atoms with van der Waals surface area (Å²) in [6.45, 7) is 4.88. The van der Waals surface area contributed by atoms with Crippen LogP contribution >= 0.6 is 0 Å². The van der Waals surface area contributed by atoms with Crippen LogP contribution in [0.3, 0.4) is 0 Å². The molecule has 1 rings (SSSR count). The molecule has 1 aromatic rings. The van der Waals surface area contributed by atoms with Gasteiger partial charge in [0.25, 0.3) is 0 Å². The van der Waals surface area contributed by atoms with Gasteiger partial charge in [-0.15, -0.1) is 0 Å². The quantitative estimate of drug-likeness (QED) is 0.789. The second-order valence-corrected chi connectivity index (χ2v) is 6.99. The Hall–Kier alpha value is -0.950. The summed E-state index contributed by atoms with van der Waals surface area (Å²) in [5.74, 6) is 0.225. The highest BCUT2D eigenvalue weighted by Gasteiger charge is 2.25. The highest BCUT2D eigenvalue weighted by atomic mass is 32.2. The Kier molecular flexibility index (Phi) is 6.61. The molecule has 0 saturated heterocycles. The third-order valence-electron chi connectivity index (χ3n) is 2.83. The second-order valence-electron chi connectivity index (χ2n) is 5.06. The number of ether oxygens (including phenoxy) is 1. The van der Waals surface area contributed by atoms with Crippen molar-refractivity contribution in [3.63, 3.8) is 0 Å². The Labute approximate surface area is 121 Å². The Morgan fingerprint density at radius 3 is 2.60 bits per heavy atom. The number of aliphatic hydroxyl groups is 1. The average Bonchev–Trinajstić information content (AvgIpc) is 2.43. The van der Waals surface area contributed by atoms with Crippen molar-refractivity contribution in [1.82, 2.24) is 4.31 Å². The zero-order valence-corrected chi connectivity index (χ0v) is 13.1. The highest BCUT2D eigenvalue weighted by Crippen LogP contribution is 2.18. The van der Waals surface area contributed by atoms with Crippen LogP contribution < -0.4 is 0 Å². The molecule has 1 aromatic carbocycles. The molecule has 0 saturated carbocycles. The SMILES string of the molecule is COCCN(CC(C)C)S(=O)(=O)c1cccc(CO)c1. The van der Waals surface area contributed by atoms with E-state index in [2.05, 4.69) is 0 Å². The zero-order valence-electron chi connectivity index (χ0n) is 12.2. The zero-order chi connectivity index (χ0) is 15.2. The van der Waals surface area contributed by atoms with Gasteiger partial charge in [-0.25, -0.2) is 8.42 Å². The van der Waals surface area contributed by atoms with Gasteiger partial charge in [-0.1, -0.05) is 26.0 Å². The largest absolute Gasteiger partial charge is 0.392 e. The maximum atomic E-state index is 12.6. The van der Waals surface area contributed by atoms with Gasteiger partial charge < -0.3 is 9.84 Å². The van der Waals surface area contributed by atoms with Crippen LogP contribution in [0.2, 0.25) is 0 Å². The predicted octanol–water partition coefficient (Wildman–Crippen LogP) is 1.47. The topological polar surface area (TPSA) is 66.8 Å². The lowest BCUT2D eigenvalue weighted by molar-refractivity contribution is 0.175. The van der Waals surface area contributed by atoms with Crippen LogP contribution in [-0.2, 0) is 21.4 Å². The first-order chi connectivity index (χ1) is 9.41. The molecule has 0 amide bonds. The molecule has 114 valence electrons. The van der Waals surface area contributed by atoms with Gasteiger partial charge >= 0.3 is 0 Å². The van der Waals surface area contributed by atoms with Crippen LogP contribution in [0.1, 0.15) is 19.4 Å². The molecule has 0 heterocycles. The fourth-order valence-corrected chi connectivity index (χ4v) is 3.52. The van der Waals surface area contributed by atoms with Crippen LogP contribution in [0.4, 0.5) is 0 Å². The van der Waals surface area contributed by atoms with Gasteiger partial charge in [-0.2, -0.15) is 4.31 Å². The number of sulfonamides is 1. The predicted molar refractivity (Wildman–Crippen MR) is 77.8 cm³/mol. The van der Waals surface area contributed by atoms with Gasteiger partial charge in [0.2, 0.25) is 10.0 Å². The molecule has 0 atom stereocenters. The fourth-order valence-electron chi connectivity index (χ4n) is 1.86. The van der Waals surface area contributed by atoms with Gasteiger partial charge in [-0.05, 0) is 23.6 Å². The molecule has 0 aromatic heterocycles. The lowest BCUT2D eigenvalue weighted by Crippen LogP contribution is -2.36. The molecule has 5 nitrogen and oxygen atoms in total. The van der Waals surface area contributed by atoms with Crippen molar-refractivity contribution in [2.24, 2.45) is 5.92 Å². The standard InChI is InChI=1S/C14H23NO4S/c1-12(2)10-15(7-8-19-3)20(17,18)14-6-4-5-13(9-14)11-16/h4-6,9,12,16H,7-8,10-11H2,1-3H3. The first-order valence-corrected chi connectivity index (χ1v) is 8.04. The minimum atomic E-state index is -3.56. The van der Waals surface area contributed by atoms with Gasteiger partial charge in [0.15, 0.2) is 0 Å². The second kappa shape index (κ2) is 7.73. The number of methoxy groups -OCH3 is 1. The smallest absolute Gasteiger partial charge is 0.243 e. The summed E-state index contributed by atoms with van der Waals surface area (Å²) < 4.78 is 31.7. The maximum absolute atomic E-state index is 12.6. The third-order valence-corrected chi connectivity index (χ3v) is 4.69. The van der Waals surface area contributed by atoms with E-state index in [0.29, 0.717) is 25.3 Å². The molecule has 1 N–H and O–H groups in total. The molecule has 0 bridgehead atoms. The molecule has 0 aliphatic heterocycles. The minimum absolute atomic E-state index is 0.175. The summed E-state index contributed by atoms with van der Waals surface area (Å²) in [5.41, 5.74) is 0.585. The molecule has 0 radical (unpaired) electrons. The maximum Gasteiger partial charge on any atom is 0.243 e. The van der Waals surface area contributed by atoms with Crippen molar-refractivity contribution in [3.05, 3.63) is 29.8 Å². The minimum Gasteiger partial charge on any atom is -0.392 e. The molecule has 0 unspecified atom stereocenters. The number of hydrogen-bond acceptors (Lipinski definition) is 4. The number of hydrogen-bond donors (Lipinski definition) is 1. The number of nitrogens with zero attached hydrogens (tertiary/aromatic N) is 1. The Morgan fingerprint density at radius 1 is 1.35 bits per heavy atom. The first kappa shape index (κ1) is 17.1. The van der Waals surface area contributed by atoms with E-state index >= 15 is 0 Å². The fraction of sp³-hybridized carbons (Fsp3) is 0.571. The molecule has 0 spiro atoms. The summed E-state index contributed by atoms with van der Waals surface area (Å²) in [6.07, 6.45) is 0. The Balaban J connectivity index is 3.07. The van der Waals surface area contributed by atoms with E-state index in [1.807, 2.05) is 13.8 Å². The molecule has 6 heteroatoms. The number of benzene rings is 1. The summed E-state index contributed by atoms with van der Waals surface area (Å²) in [7, 11) is -2.01. The van der Waals surface area contributed by atoms with Crippen LogP contribution in [0.25, 0.3) is 0 Å². The molecule has 20 heavy (non-hydrogen) atoms. The van der Waals surface area contributed by atoms with E-state index in [1.165, 1.54) is 10.4 Å². The summed E-state index contributed by atoms with van der Waals surface area (Å²) in [4.78, 5) is 0.209. The average molecular weight is 301 g/mol.